The van der Waals surface area contributed by atoms with Crippen LogP contribution in [0.4, 0.5) is 8.78 Å². The molecular formula is C17H27F2N3O2S. The third-order valence-electron chi connectivity index (χ3n) is 3.90. The van der Waals surface area contributed by atoms with Gasteiger partial charge in [0.2, 0.25) is 0 Å². The fraction of sp³-hybridized carbons (Fsp3) is 0.588. The number of benzene rings is 1. The average molecular weight is 375 g/mol. The number of aliphatic imine (C=N–C) groups is 1. The minimum atomic E-state index is -3.00. The lowest BCUT2D eigenvalue weighted by molar-refractivity contribution is 0.348. The largest absolute Gasteiger partial charge is 0.356 e. The van der Waals surface area contributed by atoms with Gasteiger partial charge in [-0.25, -0.2) is 17.2 Å². The van der Waals surface area contributed by atoms with E-state index in [2.05, 4.69) is 15.6 Å². The molecule has 8 heteroatoms. The van der Waals surface area contributed by atoms with Crippen molar-refractivity contribution in [3.05, 3.63) is 35.4 Å². The fourth-order valence-corrected chi connectivity index (χ4v) is 3.06. The molecular weight excluding hydrogens is 348 g/mol. The van der Waals surface area contributed by atoms with E-state index in [4.69, 9.17) is 0 Å². The Morgan fingerprint density at radius 3 is 2.44 bits per heavy atom. The van der Waals surface area contributed by atoms with Gasteiger partial charge in [0.05, 0.1) is 11.8 Å². The summed E-state index contributed by atoms with van der Waals surface area (Å²) in [6, 6.07) is 3.48. The van der Waals surface area contributed by atoms with Crippen LogP contribution < -0.4 is 10.6 Å². The normalized spacial score (nSPS) is 14.3. The van der Waals surface area contributed by atoms with Crippen molar-refractivity contribution in [3.63, 3.8) is 0 Å². The average Bonchev–Trinajstić information content (AvgIpc) is 2.51. The van der Waals surface area contributed by atoms with Crippen LogP contribution in [-0.2, 0) is 9.84 Å². The molecule has 1 rings (SSSR count). The van der Waals surface area contributed by atoms with E-state index in [0.29, 0.717) is 24.5 Å². The number of guanidine groups is 1. The monoisotopic (exact) mass is 375 g/mol. The molecule has 0 bridgehead atoms. The van der Waals surface area contributed by atoms with Crippen molar-refractivity contribution >= 4 is 15.8 Å². The van der Waals surface area contributed by atoms with Gasteiger partial charge in [-0.2, -0.15) is 0 Å². The topological polar surface area (TPSA) is 70.6 Å². The van der Waals surface area contributed by atoms with Crippen molar-refractivity contribution < 1.29 is 17.2 Å². The number of sulfone groups is 1. The van der Waals surface area contributed by atoms with Crippen LogP contribution in [0.1, 0.15) is 38.8 Å². The summed E-state index contributed by atoms with van der Waals surface area (Å²) < 4.78 is 49.0. The summed E-state index contributed by atoms with van der Waals surface area (Å²) >= 11 is 0. The Balaban J connectivity index is 2.63. The first-order valence-electron chi connectivity index (χ1n) is 8.03. The molecule has 25 heavy (non-hydrogen) atoms. The van der Waals surface area contributed by atoms with Gasteiger partial charge >= 0.3 is 0 Å². The molecule has 5 nitrogen and oxygen atoms in total. The van der Waals surface area contributed by atoms with Crippen LogP contribution >= 0.6 is 0 Å². The SMILES string of the molecule is CN=C(NCC(C)(C)CCS(C)(=O)=O)NC(C)c1ccc(F)c(F)c1. The standard InChI is InChI=1S/C17H27F2N3O2S/c1-12(13-6-7-14(18)15(19)10-13)22-16(20-4)21-11-17(2,3)8-9-25(5,23)24/h6-7,10,12H,8-9,11H2,1-5H3,(H2,20,21,22). The van der Waals surface area contributed by atoms with E-state index in [0.717, 1.165) is 12.1 Å². The molecule has 0 aliphatic heterocycles. The van der Waals surface area contributed by atoms with Crippen LogP contribution in [0, 0.1) is 17.0 Å². The molecule has 142 valence electrons. The van der Waals surface area contributed by atoms with Crippen molar-refractivity contribution in [2.45, 2.75) is 33.2 Å². The summed E-state index contributed by atoms with van der Waals surface area (Å²) in [7, 11) is -1.40. The van der Waals surface area contributed by atoms with Gasteiger partial charge in [0.15, 0.2) is 17.6 Å². The van der Waals surface area contributed by atoms with Crippen LogP contribution in [0.15, 0.2) is 23.2 Å². The highest BCUT2D eigenvalue weighted by atomic mass is 32.2. The quantitative estimate of drug-likeness (QED) is 0.568. The maximum absolute atomic E-state index is 13.3. The lowest BCUT2D eigenvalue weighted by atomic mass is 9.90. The summed E-state index contributed by atoms with van der Waals surface area (Å²) in [6.45, 7) is 6.27. The van der Waals surface area contributed by atoms with Gasteiger partial charge in [-0.05, 0) is 36.5 Å². The number of hydrogen-bond acceptors (Lipinski definition) is 3. The van der Waals surface area contributed by atoms with Crippen molar-refractivity contribution in [1.82, 2.24) is 10.6 Å². The van der Waals surface area contributed by atoms with Crippen molar-refractivity contribution in [2.24, 2.45) is 10.4 Å². The predicted octanol–water partition coefficient (Wildman–Crippen LogP) is 2.65. The maximum atomic E-state index is 13.3. The first kappa shape index (κ1) is 21.3. The Bertz CT molecular complexity index is 719. The molecule has 0 spiro atoms. The molecule has 0 radical (unpaired) electrons. The van der Waals surface area contributed by atoms with Crippen molar-refractivity contribution in [1.29, 1.82) is 0 Å². The van der Waals surface area contributed by atoms with Crippen molar-refractivity contribution in [3.8, 4) is 0 Å². The van der Waals surface area contributed by atoms with E-state index in [1.54, 1.807) is 7.05 Å². The summed E-state index contributed by atoms with van der Waals surface area (Å²) in [5, 5.41) is 6.25. The summed E-state index contributed by atoms with van der Waals surface area (Å²) in [6.07, 6.45) is 1.75. The molecule has 0 aliphatic carbocycles. The zero-order valence-electron chi connectivity index (χ0n) is 15.4. The molecule has 1 aromatic rings. The number of nitrogens with one attached hydrogen (secondary N) is 2. The van der Waals surface area contributed by atoms with E-state index in [1.165, 1.54) is 12.3 Å². The molecule has 1 aromatic carbocycles. The molecule has 0 fully saturated rings. The van der Waals surface area contributed by atoms with E-state index in [-0.39, 0.29) is 17.2 Å². The van der Waals surface area contributed by atoms with Gasteiger partial charge in [0, 0.05) is 19.8 Å². The van der Waals surface area contributed by atoms with Gasteiger partial charge in [0.1, 0.15) is 9.84 Å². The third kappa shape index (κ3) is 7.81. The molecule has 1 unspecified atom stereocenters. The van der Waals surface area contributed by atoms with Gasteiger partial charge in [-0.15, -0.1) is 0 Å². The highest BCUT2D eigenvalue weighted by Gasteiger charge is 2.21. The fourth-order valence-electron chi connectivity index (χ4n) is 2.14. The Hall–Kier alpha value is -1.70. The zero-order valence-corrected chi connectivity index (χ0v) is 16.2. The van der Waals surface area contributed by atoms with Gasteiger partial charge < -0.3 is 10.6 Å². The smallest absolute Gasteiger partial charge is 0.191 e. The Kier molecular flexibility index (Phi) is 7.34. The predicted molar refractivity (Wildman–Crippen MR) is 97.4 cm³/mol. The van der Waals surface area contributed by atoms with Crippen LogP contribution in [0.25, 0.3) is 0 Å². The van der Waals surface area contributed by atoms with Gasteiger partial charge in [0.25, 0.3) is 0 Å². The number of nitrogens with zero attached hydrogens (tertiary/aromatic N) is 1. The third-order valence-corrected chi connectivity index (χ3v) is 4.85. The second-order valence-electron chi connectivity index (χ2n) is 7.01. The first-order valence-corrected chi connectivity index (χ1v) is 10.1. The maximum Gasteiger partial charge on any atom is 0.191 e. The highest BCUT2D eigenvalue weighted by molar-refractivity contribution is 7.90. The van der Waals surface area contributed by atoms with Crippen LogP contribution in [0.2, 0.25) is 0 Å². The molecule has 0 saturated heterocycles. The number of hydrogen-bond donors (Lipinski definition) is 2. The minimum Gasteiger partial charge on any atom is -0.356 e. The van der Waals surface area contributed by atoms with E-state index in [9.17, 15) is 17.2 Å². The molecule has 0 saturated carbocycles. The Labute approximate surface area is 148 Å². The second kappa shape index (κ2) is 8.60. The molecule has 1 atom stereocenters. The van der Waals surface area contributed by atoms with Crippen LogP contribution in [-0.4, -0.2) is 40.0 Å². The molecule has 2 N–H and O–H groups in total. The minimum absolute atomic E-state index is 0.124. The Morgan fingerprint density at radius 2 is 1.92 bits per heavy atom. The molecule has 0 aromatic heterocycles. The van der Waals surface area contributed by atoms with Gasteiger partial charge in [-0.3, -0.25) is 4.99 Å². The first-order chi connectivity index (χ1) is 11.4. The van der Waals surface area contributed by atoms with E-state index in [1.807, 2.05) is 20.8 Å². The summed E-state index contributed by atoms with van der Waals surface area (Å²) in [5.74, 6) is -1.15. The molecule has 0 amide bonds. The number of rotatable bonds is 7. The molecule has 0 heterocycles. The zero-order chi connectivity index (χ0) is 19.3. The number of halogens is 2. The summed E-state index contributed by atoms with van der Waals surface area (Å²) in [4.78, 5) is 4.11. The van der Waals surface area contributed by atoms with Crippen molar-refractivity contribution in [2.75, 3.05) is 25.6 Å². The second-order valence-corrected chi connectivity index (χ2v) is 9.27. The lowest BCUT2D eigenvalue weighted by Crippen LogP contribution is -2.43. The van der Waals surface area contributed by atoms with Gasteiger partial charge in [-0.1, -0.05) is 19.9 Å². The van der Waals surface area contributed by atoms with E-state index >= 15 is 0 Å². The Morgan fingerprint density at radius 1 is 1.28 bits per heavy atom. The highest BCUT2D eigenvalue weighted by Crippen LogP contribution is 2.20. The van der Waals surface area contributed by atoms with Crippen LogP contribution in [0.5, 0.6) is 0 Å². The van der Waals surface area contributed by atoms with E-state index < -0.39 is 21.5 Å². The van der Waals surface area contributed by atoms with Crippen LogP contribution in [0.3, 0.4) is 0 Å². The summed E-state index contributed by atoms with van der Waals surface area (Å²) in [5.41, 5.74) is 0.351. The lowest BCUT2D eigenvalue weighted by Gasteiger charge is -2.27. The molecule has 0 aliphatic rings.